The van der Waals surface area contributed by atoms with Gasteiger partial charge in [0.05, 0.1) is 12.5 Å². The van der Waals surface area contributed by atoms with E-state index in [0.717, 1.165) is 0 Å². The van der Waals surface area contributed by atoms with Crippen LogP contribution in [0.15, 0.2) is 10.7 Å². The first-order chi connectivity index (χ1) is 7.11. The van der Waals surface area contributed by atoms with Crippen molar-refractivity contribution in [2.75, 3.05) is 0 Å². The van der Waals surface area contributed by atoms with E-state index in [1.807, 2.05) is 6.07 Å². The maximum Gasteiger partial charge on any atom is 0.280 e. The molecule has 1 heterocycles. The number of nitriles is 1. The van der Waals surface area contributed by atoms with Gasteiger partial charge in [-0.15, -0.1) is 0 Å². The standard InChI is InChI=1S/C9H8BrF2N3/c10-7-5(1-2-13)4-15-8(9(11)12)6(7)3-14/h4,9H,1,3,14H2. The molecule has 80 valence electrons. The first-order valence-electron chi connectivity index (χ1n) is 4.13. The predicted octanol–water partition coefficient (Wildman–Crippen LogP) is 2.31. The van der Waals surface area contributed by atoms with Crippen LogP contribution in [0.4, 0.5) is 8.78 Å². The van der Waals surface area contributed by atoms with Crippen LogP contribution in [-0.2, 0) is 13.0 Å². The van der Waals surface area contributed by atoms with Gasteiger partial charge >= 0.3 is 0 Å². The molecule has 0 saturated carbocycles. The summed E-state index contributed by atoms with van der Waals surface area (Å²) in [5, 5.41) is 8.51. The fourth-order valence-corrected chi connectivity index (χ4v) is 1.79. The molecule has 0 bridgehead atoms. The van der Waals surface area contributed by atoms with E-state index in [0.29, 0.717) is 10.0 Å². The molecule has 0 aliphatic carbocycles. The molecule has 0 aromatic carbocycles. The van der Waals surface area contributed by atoms with Gasteiger partial charge in [-0.1, -0.05) is 15.9 Å². The molecule has 0 amide bonds. The molecule has 1 aromatic rings. The van der Waals surface area contributed by atoms with Crippen molar-refractivity contribution in [1.82, 2.24) is 4.98 Å². The summed E-state index contributed by atoms with van der Waals surface area (Å²) in [6, 6.07) is 1.93. The average Bonchev–Trinajstić information content (AvgIpc) is 2.20. The van der Waals surface area contributed by atoms with Gasteiger partial charge in [0.15, 0.2) is 0 Å². The number of pyridine rings is 1. The fourth-order valence-electron chi connectivity index (χ4n) is 1.18. The fraction of sp³-hybridized carbons (Fsp3) is 0.333. The molecule has 0 aliphatic rings. The molecule has 6 heteroatoms. The summed E-state index contributed by atoms with van der Waals surface area (Å²) >= 11 is 3.16. The van der Waals surface area contributed by atoms with Crippen molar-refractivity contribution in [3.63, 3.8) is 0 Å². The highest BCUT2D eigenvalue weighted by Gasteiger charge is 2.18. The van der Waals surface area contributed by atoms with E-state index < -0.39 is 6.43 Å². The molecule has 0 atom stereocenters. The maximum atomic E-state index is 12.5. The molecule has 3 nitrogen and oxygen atoms in total. The van der Waals surface area contributed by atoms with Crippen molar-refractivity contribution in [1.29, 1.82) is 5.26 Å². The van der Waals surface area contributed by atoms with Gasteiger partial charge in [-0.25, -0.2) is 8.78 Å². The van der Waals surface area contributed by atoms with Gasteiger partial charge in [-0.3, -0.25) is 4.98 Å². The molecule has 0 saturated heterocycles. The Kier molecular flexibility index (Phi) is 4.12. The molecule has 0 fully saturated rings. The Bertz CT molecular complexity index is 401. The lowest BCUT2D eigenvalue weighted by molar-refractivity contribution is 0.144. The number of aromatic nitrogens is 1. The van der Waals surface area contributed by atoms with E-state index in [1.165, 1.54) is 6.20 Å². The van der Waals surface area contributed by atoms with Crippen molar-refractivity contribution in [2.24, 2.45) is 5.73 Å². The molecule has 2 N–H and O–H groups in total. The van der Waals surface area contributed by atoms with Crippen molar-refractivity contribution < 1.29 is 8.78 Å². The van der Waals surface area contributed by atoms with Crippen molar-refractivity contribution >= 4 is 15.9 Å². The van der Waals surface area contributed by atoms with Gasteiger partial charge in [0.1, 0.15) is 5.69 Å². The number of hydrogen-bond acceptors (Lipinski definition) is 3. The second-order valence-corrected chi connectivity index (χ2v) is 3.59. The third-order valence-electron chi connectivity index (χ3n) is 1.90. The number of nitrogens with zero attached hydrogens (tertiary/aromatic N) is 2. The highest BCUT2D eigenvalue weighted by atomic mass is 79.9. The third kappa shape index (κ3) is 2.49. The second kappa shape index (κ2) is 5.14. The number of rotatable bonds is 3. The average molecular weight is 276 g/mol. The van der Waals surface area contributed by atoms with E-state index in [1.54, 1.807) is 0 Å². The number of nitrogens with two attached hydrogens (primary N) is 1. The van der Waals surface area contributed by atoms with Crippen LogP contribution in [0.5, 0.6) is 0 Å². The topological polar surface area (TPSA) is 62.7 Å². The maximum absolute atomic E-state index is 12.5. The lowest BCUT2D eigenvalue weighted by atomic mass is 10.1. The lowest BCUT2D eigenvalue weighted by Crippen LogP contribution is -2.07. The largest absolute Gasteiger partial charge is 0.326 e. The van der Waals surface area contributed by atoms with Crippen LogP contribution in [0.1, 0.15) is 23.2 Å². The van der Waals surface area contributed by atoms with E-state index in [9.17, 15) is 8.78 Å². The van der Waals surface area contributed by atoms with Crippen LogP contribution < -0.4 is 5.73 Å². The number of hydrogen-bond donors (Lipinski definition) is 1. The van der Waals surface area contributed by atoms with E-state index >= 15 is 0 Å². The van der Waals surface area contributed by atoms with Crippen molar-refractivity contribution in [2.45, 2.75) is 19.4 Å². The molecule has 0 radical (unpaired) electrons. The Labute approximate surface area is 94.0 Å². The minimum atomic E-state index is -2.66. The Morgan fingerprint density at radius 1 is 1.60 bits per heavy atom. The molecule has 0 aliphatic heterocycles. The quantitative estimate of drug-likeness (QED) is 0.921. The Morgan fingerprint density at radius 3 is 2.73 bits per heavy atom. The van der Waals surface area contributed by atoms with Crippen LogP contribution in [0.3, 0.4) is 0 Å². The molecular formula is C9H8BrF2N3. The van der Waals surface area contributed by atoms with Gasteiger partial charge in [0, 0.05) is 22.8 Å². The summed E-state index contributed by atoms with van der Waals surface area (Å²) < 4.78 is 25.5. The van der Waals surface area contributed by atoms with Gasteiger partial charge in [-0.2, -0.15) is 5.26 Å². The third-order valence-corrected chi connectivity index (χ3v) is 2.88. The summed E-state index contributed by atoms with van der Waals surface area (Å²) in [6.45, 7) is -0.0352. The Balaban J connectivity index is 3.27. The number of alkyl halides is 2. The first kappa shape index (κ1) is 12.0. The van der Waals surface area contributed by atoms with E-state index in [-0.39, 0.29) is 24.2 Å². The van der Waals surface area contributed by atoms with Crippen LogP contribution in [0, 0.1) is 11.3 Å². The number of halogens is 3. The van der Waals surface area contributed by atoms with Crippen molar-refractivity contribution in [3.05, 3.63) is 27.5 Å². The molecule has 1 rings (SSSR count). The second-order valence-electron chi connectivity index (χ2n) is 2.80. The summed E-state index contributed by atoms with van der Waals surface area (Å²) in [5.74, 6) is 0. The molecule has 0 unspecified atom stereocenters. The smallest absolute Gasteiger partial charge is 0.280 e. The Hall–Kier alpha value is -1.06. The zero-order chi connectivity index (χ0) is 11.4. The summed E-state index contributed by atoms with van der Waals surface area (Å²) in [6.07, 6.45) is -1.27. The van der Waals surface area contributed by atoms with Gasteiger partial charge in [-0.05, 0) is 5.56 Å². The van der Waals surface area contributed by atoms with Gasteiger partial charge in [0.25, 0.3) is 6.43 Å². The Morgan fingerprint density at radius 2 is 2.27 bits per heavy atom. The normalized spacial score (nSPS) is 10.4. The SMILES string of the molecule is N#CCc1cnc(C(F)F)c(CN)c1Br. The highest BCUT2D eigenvalue weighted by molar-refractivity contribution is 9.10. The zero-order valence-electron chi connectivity index (χ0n) is 7.67. The first-order valence-corrected chi connectivity index (χ1v) is 4.92. The van der Waals surface area contributed by atoms with Gasteiger partial charge < -0.3 is 5.73 Å². The van der Waals surface area contributed by atoms with Crippen LogP contribution >= 0.6 is 15.9 Å². The molecule has 0 spiro atoms. The summed E-state index contributed by atoms with van der Waals surface area (Å²) in [4.78, 5) is 3.62. The molecular weight excluding hydrogens is 268 g/mol. The zero-order valence-corrected chi connectivity index (χ0v) is 9.26. The van der Waals surface area contributed by atoms with E-state index in [4.69, 9.17) is 11.0 Å². The monoisotopic (exact) mass is 275 g/mol. The summed E-state index contributed by atoms with van der Waals surface area (Å²) in [7, 11) is 0. The van der Waals surface area contributed by atoms with Gasteiger partial charge in [0.2, 0.25) is 0 Å². The van der Waals surface area contributed by atoms with Crippen LogP contribution in [-0.4, -0.2) is 4.98 Å². The lowest BCUT2D eigenvalue weighted by Gasteiger charge is -2.10. The van der Waals surface area contributed by atoms with Crippen LogP contribution in [0.2, 0.25) is 0 Å². The minimum absolute atomic E-state index is 0.0352. The van der Waals surface area contributed by atoms with Crippen molar-refractivity contribution in [3.8, 4) is 6.07 Å². The summed E-state index contributed by atoms with van der Waals surface area (Å²) in [5.41, 5.74) is 5.87. The minimum Gasteiger partial charge on any atom is -0.326 e. The van der Waals surface area contributed by atoms with E-state index in [2.05, 4.69) is 20.9 Å². The molecule has 15 heavy (non-hydrogen) atoms. The predicted molar refractivity (Wildman–Crippen MR) is 54.1 cm³/mol. The molecule has 1 aromatic heterocycles. The highest BCUT2D eigenvalue weighted by Crippen LogP contribution is 2.29. The van der Waals surface area contributed by atoms with Crippen LogP contribution in [0.25, 0.3) is 0 Å².